The lowest BCUT2D eigenvalue weighted by molar-refractivity contribution is 0.353. The van der Waals surface area contributed by atoms with Crippen LogP contribution in [0.3, 0.4) is 0 Å². The normalized spacial score (nSPS) is 14.6. The fraction of sp³-hybridized carbons (Fsp3) is 0.114. The van der Waals surface area contributed by atoms with Gasteiger partial charge >= 0.3 is 0 Å². The van der Waals surface area contributed by atoms with Crippen molar-refractivity contribution in [3.8, 4) is 44.5 Å². The van der Waals surface area contributed by atoms with Crippen molar-refractivity contribution in [3.05, 3.63) is 277 Å². The van der Waals surface area contributed by atoms with Crippen molar-refractivity contribution >= 4 is 44.8 Å². The third kappa shape index (κ3) is 7.94. The zero-order chi connectivity index (χ0) is 47.8. The van der Waals surface area contributed by atoms with Gasteiger partial charge in [0.15, 0.2) is 0 Å². The number of anilines is 5. The topological polar surface area (TPSA) is 6.48 Å². The molecule has 0 bridgehead atoms. The van der Waals surface area contributed by atoms with E-state index in [-0.39, 0.29) is 5.41 Å². The van der Waals surface area contributed by atoms with E-state index in [1.807, 2.05) is 0 Å². The number of allylic oxidation sites excluding steroid dienone is 4. The summed E-state index contributed by atoms with van der Waals surface area (Å²) in [6.45, 7) is 0. The second-order valence-electron chi connectivity index (χ2n) is 19.9. The van der Waals surface area contributed by atoms with Crippen LogP contribution in [0, 0.1) is 0 Å². The van der Waals surface area contributed by atoms with Crippen LogP contribution in [0.25, 0.3) is 60.9 Å². The Morgan fingerprint density at radius 1 is 0.319 bits per heavy atom. The summed E-state index contributed by atoms with van der Waals surface area (Å²) < 4.78 is 0. The molecular formula is C70H56N2. The summed E-state index contributed by atoms with van der Waals surface area (Å²) in [4.78, 5) is 4.99. The van der Waals surface area contributed by atoms with E-state index in [4.69, 9.17) is 0 Å². The lowest BCUT2D eigenvalue weighted by Gasteiger charge is -2.36. The average molecular weight is 925 g/mol. The molecule has 1 spiro atoms. The van der Waals surface area contributed by atoms with Gasteiger partial charge in [-0.2, -0.15) is 0 Å². The van der Waals surface area contributed by atoms with E-state index >= 15 is 0 Å². The Labute approximate surface area is 424 Å². The molecule has 0 unspecified atom stereocenters. The highest BCUT2D eigenvalue weighted by Crippen LogP contribution is 2.57. The summed E-state index contributed by atoms with van der Waals surface area (Å²) in [5, 5.41) is 2.47. The monoisotopic (exact) mass is 924 g/mol. The molecule has 3 aliphatic rings. The second kappa shape index (κ2) is 18.7. The highest BCUT2D eigenvalue weighted by Gasteiger charge is 2.44. The lowest BCUT2D eigenvalue weighted by atomic mass is 9.68. The van der Waals surface area contributed by atoms with Gasteiger partial charge in [-0.15, -0.1) is 0 Å². The SMILES string of the molecule is C1=C(c2ccc(N(c3ccc(-c4ccccc4)cc3)c3ccc4c(c3)C3(CCCCC3)c3ccccc3-4)cc2)CCC(N(c2cc(-c3ccccc3)cc(-c3ccccc3)c2)c2cccc3ccccc23)=C1. The van der Waals surface area contributed by atoms with E-state index in [0.717, 1.165) is 29.9 Å². The van der Waals surface area contributed by atoms with Crippen LogP contribution in [0.5, 0.6) is 0 Å². The molecule has 0 aliphatic heterocycles. The fourth-order valence-electron chi connectivity index (χ4n) is 12.2. The van der Waals surface area contributed by atoms with E-state index in [0.29, 0.717) is 0 Å². The zero-order valence-electron chi connectivity index (χ0n) is 40.6. The van der Waals surface area contributed by atoms with Crippen LogP contribution in [0.2, 0.25) is 0 Å². The van der Waals surface area contributed by atoms with E-state index in [1.165, 1.54) is 127 Å². The number of hydrogen-bond donors (Lipinski definition) is 0. The minimum atomic E-state index is 0.0742. The van der Waals surface area contributed by atoms with Crippen LogP contribution in [0.1, 0.15) is 61.6 Å². The van der Waals surface area contributed by atoms with Gasteiger partial charge in [-0.1, -0.05) is 207 Å². The molecule has 10 aromatic rings. The predicted octanol–water partition coefficient (Wildman–Crippen LogP) is 19.4. The standard InChI is InChI=1S/C70H56N2/c1-5-18-50(19-6-1)53-30-36-59(37-31-53)71(62-42-43-66-65-27-13-14-28-67(65)70(68(66)49-62)44-15-4-16-45-70)60-38-32-54(33-39-60)55-34-40-61(41-35-55)72(69-29-17-25-56-24-11-12-26-64(56)69)63-47-57(51-20-7-2-8-21-51)46-58(48-63)52-22-9-3-10-23-52/h1-3,5-14,17-34,36-40,42-43,46-49H,4,15-16,35,41,44-45H2. The molecular weight excluding hydrogens is 869 g/mol. The first-order valence-corrected chi connectivity index (χ1v) is 25.9. The molecule has 10 aromatic carbocycles. The summed E-state index contributed by atoms with van der Waals surface area (Å²) in [6.07, 6.45) is 12.8. The Hall–Kier alpha value is -8.46. The Kier molecular flexibility index (Phi) is 11.3. The van der Waals surface area contributed by atoms with Gasteiger partial charge in [0.25, 0.3) is 0 Å². The summed E-state index contributed by atoms with van der Waals surface area (Å²) in [5.74, 6) is 0. The first-order chi connectivity index (χ1) is 35.7. The fourth-order valence-corrected chi connectivity index (χ4v) is 12.2. The zero-order valence-corrected chi connectivity index (χ0v) is 40.6. The van der Waals surface area contributed by atoms with Crippen molar-refractivity contribution in [1.29, 1.82) is 0 Å². The molecule has 0 radical (unpaired) electrons. The largest absolute Gasteiger partial charge is 0.314 e. The van der Waals surface area contributed by atoms with E-state index in [1.54, 1.807) is 0 Å². The highest BCUT2D eigenvalue weighted by molar-refractivity contribution is 5.98. The van der Waals surface area contributed by atoms with Gasteiger partial charge in [-0.25, -0.2) is 0 Å². The smallest absolute Gasteiger partial charge is 0.0536 e. The molecule has 0 heterocycles. The van der Waals surface area contributed by atoms with Gasteiger partial charge in [-0.05, 0) is 165 Å². The molecule has 3 aliphatic carbocycles. The first kappa shape index (κ1) is 43.6. The molecule has 13 rings (SSSR count). The van der Waals surface area contributed by atoms with Gasteiger partial charge in [0.05, 0.1) is 5.69 Å². The molecule has 1 fully saturated rings. The van der Waals surface area contributed by atoms with Crippen LogP contribution in [0.4, 0.5) is 28.4 Å². The number of benzene rings is 10. The Balaban J connectivity index is 0.887. The molecule has 0 atom stereocenters. The molecule has 1 saturated carbocycles. The van der Waals surface area contributed by atoms with Crippen molar-refractivity contribution in [2.45, 2.75) is 50.4 Å². The number of hydrogen-bond acceptors (Lipinski definition) is 2. The molecule has 0 amide bonds. The Bertz CT molecular complexity index is 3570. The van der Waals surface area contributed by atoms with Crippen molar-refractivity contribution < 1.29 is 0 Å². The van der Waals surface area contributed by atoms with Crippen LogP contribution < -0.4 is 9.80 Å². The minimum absolute atomic E-state index is 0.0742. The summed E-state index contributed by atoms with van der Waals surface area (Å²) in [7, 11) is 0. The molecule has 2 nitrogen and oxygen atoms in total. The first-order valence-electron chi connectivity index (χ1n) is 25.9. The third-order valence-corrected chi connectivity index (χ3v) is 15.8. The number of fused-ring (bicyclic) bond motifs is 6. The quantitative estimate of drug-likeness (QED) is 0.135. The van der Waals surface area contributed by atoms with Gasteiger partial charge in [0.2, 0.25) is 0 Å². The summed E-state index contributed by atoms with van der Waals surface area (Å²) in [5.41, 5.74) is 22.9. The summed E-state index contributed by atoms with van der Waals surface area (Å²) in [6, 6.07) is 89.9. The summed E-state index contributed by atoms with van der Waals surface area (Å²) >= 11 is 0. The number of rotatable bonds is 10. The predicted molar refractivity (Wildman–Crippen MR) is 305 cm³/mol. The molecule has 2 heteroatoms. The molecule has 0 N–H and O–H groups in total. The average Bonchev–Trinajstić information content (AvgIpc) is 3.72. The molecule has 72 heavy (non-hydrogen) atoms. The Morgan fingerprint density at radius 2 is 0.861 bits per heavy atom. The Morgan fingerprint density at radius 3 is 1.51 bits per heavy atom. The van der Waals surface area contributed by atoms with Crippen LogP contribution in [-0.4, -0.2) is 0 Å². The van der Waals surface area contributed by atoms with Gasteiger partial charge in [0, 0.05) is 39.2 Å². The molecule has 346 valence electrons. The maximum atomic E-state index is 2.54. The van der Waals surface area contributed by atoms with E-state index in [9.17, 15) is 0 Å². The highest BCUT2D eigenvalue weighted by atomic mass is 15.2. The van der Waals surface area contributed by atoms with Crippen molar-refractivity contribution in [3.63, 3.8) is 0 Å². The molecule has 0 saturated heterocycles. The van der Waals surface area contributed by atoms with Crippen molar-refractivity contribution in [2.24, 2.45) is 0 Å². The van der Waals surface area contributed by atoms with Crippen molar-refractivity contribution in [1.82, 2.24) is 0 Å². The van der Waals surface area contributed by atoms with Gasteiger partial charge in [-0.3, -0.25) is 0 Å². The number of nitrogens with zero attached hydrogens (tertiary/aromatic N) is 2. The van der Waals surface area contributed by atoms with Crippen molar-refractivity contribution in [2.75, 3.05) is 9.80 Å². The van der Waals surface area contributed by atoms with Crippen LogP contribution in [-0.2, 0) is 5.41 Å². The van der Waals surface area contributed by atoms with Crippen LogP contribution in [0.15, 0.2) is 261 Å². The van der Waals surface area contributed by atoms with Gasteiger partial charge < -0.3 is 9.80 Å². The maximum Gasteiger partial charge on any atom is 0.0536 e. The maximum absolute atomic E-state index is 2.54. The minimum Gasteiger partial charge on any atom is -0.314 e. The van der Waals surface area contributed by atoms with E-state index in [2.05, 4.69) is 265 Å². The second-order valence-corrected chi connectivity index (χ2v) is 19.9. The third-order valence-electron chi connectivity index (χ3n) is 15.8. The lowest BCUT2D eigenvalue weighted by Crippen LogP contribution is -2.28. The van der Waals surface area contributed by atoms with E-state index < -0.39 is 0 Å². The van der Waals surface area contributed by atoms with Crippen LogP contribution >= 0.6 is 0 Å². The van der Waals surface area contributed by atoms with Gasteiger partial charge in [0.1, 0.15) is 0 Å². The molecule has 0 aromatic heterocycles.